The highest BCUT2D eigenvalue weighted by molar-refractivity contribution is 6.30. The van der Waals surface area contributed by atoms with Gasteiger partial charge < -0.3 is 10.6 Å². The largest absolute Gasteiger partial charge is 0.372 e. The number of halogens is 1. The van der Waals surface area contributed by atoms with Crippen molar-refractivity contribution in [2.24, 2.45) is 5.73 Å². The Morgan fingerprint density at radius 2 is 2.12 bits per heavy atom. The quantitative estimate of drug-likeness (QED) is 0.842. The Hall–Kier alpha value is -0.730. The molecule has 1 aromatic rings. The van der Waals surface area contributed by atoms with E-state index in [1.807, 2.05) is 12.1 Å². The van der Waals surface area contributed by atoms with Gasteiger partial charge in [0.05, 0.1) is 0 Å². The van der Waals surface area contributed by atoms with Gasteiger partial charge in [-0.15, -0.1) is 0 Å². The second-order valence-electron chi connectivity index (χ2n) is 4.56. The Morgan fingerprint density at radius 3 is 2.71 bits per heavy atom. The molecular weight excluding hydrogens is 232 g/mol. The number of benzene rings is 1. The maximum absolute atomic E-state index is 6.04. The van der Waals surface area contributed by atoms with Crippen molar-refractivity contribution in [3.63, 3.8) is 0 Å². The molecule has 0 heterocycles. The van der Waals surface area contributed by atoms with Gasteiger partial charge in [-0.25, -0.2) is 0 Å². The molecule has 0 aromatic heterocycles. The van der Waals surface area contributed by atoms with Crippen LogP contribution in [-0.4, -0.2) is 19.6 Å². The van der Waals surface area contributed by atoms with Crippen molar-refractivity contribution < 1.29 is 0 Å². The van der Waals surface area contributed by atoms with Crippen LogP contribution >= 0.6 is 11.6 Å². The van der Waals surface area contributed by atoms with Crippen LogP contribution in [0, 0.1) is 0 Å². The average Bonchev–Trinajstić information content (AvgIpc) is 2.29. The van der Waals surface area contributed by atoms with Gasteiger partial charge in [-0.05, 0) is 50.1 Å². The first-order chi connectivity index (χ1) is 8.10. The summed E-state index contributed by atoms with van der Waals surface area (Å²) in [6.45, 7) is 5.13. The molecule has 96 valence electrons. The molecular formula is C14H23ClN2. The lowest BCUT2D eigenvalue weighted by atomic mass is 10.1. The first kappa shape index (κ1) is 14.3. The molecule has 1 unspecified atom stereocenters. The predicted molar refractivity (Wildman–Crippen MR) is 77.0 cm³/mol. The maximum Gasteiger partial charge on any atom is 0.0410 e. The number of anilines is 1. The van der Waals surface area contributed by atoms with Crippen LogP contribution < -0.4 is 10.6 Å². The number of hydrogen-bond donors (Lipinski definition) is 1. The molecule has 0 fully saturated rings. The van der Waals surface area contributed by atoms with Gasteiger partial charge in [-0.3, -0.25) is 0 Å². The molecule has 0 radical (unpaired) electrons. The topological polar surface area (TPSA) is 29.3 Å². The van der Waals surface area contributed by atoms with E-state index in [0.29, 0.717) is 12.6 Å². The lowest BCUT2D eigenvalue weighted by Gasteiger charge is -2.29. The van der Waals surface area contributed by atoms with E-state index in [0.717, 1.165) is 11.4 Å². The third-order valence-electron chi connectivity index (χ3n) is 3.20. The molecule has 3 heteroatoms. The summed E-state index contributed by atoms with van der Waals surface area (Å²) >= 11 is 6.04. The number of nitrogens with zero attached hydrogens (tertiary/aromatic N) is 1. The molecule has 1 aromatic carbocycles. The van der Waals surface area contributed by atoms with E-state index in [2.05, 4.69) is 31.9 Å². The van der Waals surface area contributed by atoms with E-state index < -0.39 is 0 Å². The van der Waals surface area contributed by atoms with Crippen LogP contribution in [0.1, 0.15) is 32.3 Å². The zero-order valence-corrected chi connectivity index (χ0v) is 11.8. The van der Waals surface area contributed by atoms with Crippen LogP contribution in [-0.2, 0) is 6.42 Å². The predicted octanol–water partition coefficient (Wildman–Crippen LogP) is 3.47. The minimum Gasteiger partial charge on any atom is -0.372 e. The summed E-state index contributed by atoms with van der Waals surface area (Å²) in [5, 5.41) is 0.786. The fourth-order valence-electron chi connectivity index (χ4n) is 2.10. The van der Waals surface area contributed by atoms with E-state index in [9.17, 15) is 0 Å². The fraction of sp³-hybridized carbons (Fsp3) is 0.571. The minimum absolute atomic E-state index is 0.540. The summed E-state index contributed by atoms with van der Waals surface area (Å²) < 4.78 is 0. The van der Waals surface area contributed by atoms with Crippen LogP contribution in [0.15, 0.2) is 18.2 Å². The van der Waals surface area contributed by atoms with Crippen LogP contribution in [0.4, 0.5) is 5.69 Å². The fourth-order valence-corrected chi connectivity index (χ4v) is 2.30. The minimum atomic E-state index is 0.540. The van der Waals surface area contributed by atoms with Crippen molar-refractivity contribution in [3.05, 3.63) is 28.8 Å². The van der Waals surface area contributed by atoms with Gasteiger partial charge >= 0.3 is 0 Å². The van der Waals surface area contributed by atoms with E-state index in [1.54, 1.807) is 0 Å². The molecule has 0 saturated heterocycles. The van der Waals surface area contributed by atoms with Crippen molar-refractivity contribution in [3.8, 4) is 0 Å². The van der Waals surface area contributed by atoms with Crippen molar-refractivity contribution in [1.29, 1.82) is 0 Å². The van der Waals surface area contributed by atoms with Gasteiger partial charge in [0.15, 0.2) is 0 Å². The van der Waals surface area contributed by atoms with Crippen molar-refractivity contribution >= 4 is 17.3 Å². The smallest absolute Gasteiger partial charge is 0.0410 e. The van der Waals surface area contributed by atoms with E-state index in [-0.39, 0.29) is 0 Å². The molecule has 2 nitrogen and oxygen atoms in total. The molecule has 0 aliphatic heterocycles. The first-order valence-electron chi connectivity index (χ1n) is 6.31. The second kappa shape index (κ2) is 6.87. The normalized spacial score (nSPS) is 12.5. The molecule has 0 saturated carbocycles. The summed E-state index contributed by atoms with van der Waals surface area (Å²) in [6.07, 6.45) is 3.27. The van der Waals surface area contributed by atoms with Crippen molar-refractivity contribution in [1.82, 2.24) is 0 Å². The average molecular weight is 255 g/mol. The van der Waals surface area contributed by atoms with E-state index in [1.165, 1.54) is 24.1 Å². The second-order valence-corrected chi connectivity index (χ2v) is 5.00. The number of nitrogens with two attached hydrogens (primary N) is 1. The lowest BCUT2D eigenvalue weighted by Crippen LogP contribution is -2.29. The van der Waals surface area contributed by atoms with Gasteiger partial charge in [-0.2, -0.15) is 0 Å². The van der Waals surface area contributed by atoms with Gasteiger partial charge in [0.2, 0.25) is 0 Å². The van der Waals surface area contributed by atoms with Crippen LogP contribution in [0.2, 0.25) is 5.02 Å². The Morgan fingerprint density at radius 1 is 1.41 bits per heavy atom. The zero-order chi connectivity index (χ0) is 12.8. The highest BCUT2D eigenvalue weighted by Gasteiger charge is 2.12. The van der Waals surface area contributed by atoms with Crippen LogP contribution in [0.5, 0.6) is 0 Å². The maximum atomic E-state index is 6.04. The van der Waals surface area contributed by atoms with Gasteiger partial charge in [0, 0.05) is 23.8 Å². The summed E-state index contributed by atoms with van der Waals surface area (Å²) in [5.74, 6) is 0. The summed E-state index contributed by atoms with van der Waals surface area (Å²) in [4.78, 5) is 2.32. The summed E-state index contributed by atoms with van der Waals surface area (Å²) in [6, 6.07) is 6.61. The van der Waals surface area contributed by atoms with Crippen molar-refractivity contribution in [2.75, 3.05) is 18.5 Å². The van der Waals surface area contributed by atoms with Gasteiger partial charge in [0.1, 0.15) is 0 Å². The Labute approximate surface area is 110 Å². The zero-order valence-electron chi connectivity index (χ0n) is 11.0. The third kappa shape index (κ3) is 3.90. The molecule has 2 N–H and O–H groups in total. The van der Waals surface area contributed by atoms with Gasteiger partial charge in [0.25, 0.3) is 0 Å². The van der Waals surface area contributed by atoms with Crippen LogP contribution in [0.3, 0.4) is 0 Å². The molecule has 0 bridgehead atoms. The summed E-state index contributed by atoms with van der Waals surface area (Å²) in [5.41, 5.74) is 8.14. The molecule has 0 spiro atoms. The highest BCUT2D eigenvalue weighted by atomic mass is 35.5. The van der Waals surface area contributed by atoms with Crippen LogP contribution in [0.25, 0.3) is 0 Å². The SMILES string of the molecule is CCCC(C)N(C)c1ccc(Cl)cc1CCN. The Bertz CT molecular complexity index is 352. The first-order valence-corrected chi connectivity index (χ1v) is 6.69. The van der Waals surface area contributed by atoms with Gasteiger partial charge in [-0.1, -0.05) is 24.9 Å². The standard InChI is InChI=1S/C14H23ClN2/c1-4-5-11(2)17(3)14-7-6-13(15)10-12(14)8-9-16/h6-7,10-11H,4-5,8-9,16H2,1-3H3. The molecule has 0 aliphatic carbocycles. The monoisotopic (exact) mass is 254 g/mol. The molecule has 1 atom stereocenters. The Kier molecular flexibility index (Phi) is 5.79. The summed E-state index contributed by atoms with van der Waals surface area (Å²) in [7, 11) is 2.14. The highest BCUT2D eigenvalue weighted by Crippen LogP contribution is 2.26. The number of rotatable bonds is 6. The Balaban J connectivity index is 2.94. The van der Waals surface area contributed by atoms with E-state index in [4.69, 9.17) is 17.3 Å². The lowest BCUT2D eigenvalue weighted by molar-refractivity contribution is 0.614. The number of hydrogen-bond acceptors (Lipinski definition) is 2. The molecule has 17 heavy (non-hydrogen) atoms. The molecule has 0 amide bonds. The van der Waals surface area contributed by atoms with Crippen molar-refractivity contribution in [2.45, 2.75) is 39.2 Å². The van der Waals surface area contributed by atoms with E-state index >= 15 is 0 Å². The third-order valence-corrected chi connectivity index (χ3v) is 3.44. The molecule has 1 rings (SSSR count). The molecule has 0 aliphatic rings.